The van der Waals surface area contributed by atoms with Crippen molar-refractivity contribution in [1.82, 2.24) is 10.3 Å². The van der Waals surface area contributed by atoms with E-state index >= 15 is 0 Å². The third-order valence-electron chi connectivity index (χ3n) is 3.87. The van der Waals surface area contributed by atoms with Crippen LogP contribution in [-0.2, 0) is 6.18 Å². The summed E-state index contributed by atoms with van der Waals surface area (Å²) in [4.78, 5) is 17.6. The van der Waals surface area contributed by atoms with Crippen LogP contribution in [0.3, 0.4) is 0 Å². The Bertz CT molecular complexity index is 1040. The highest BCUT2D eigenvalue weighted by Crippen LogP contribution is 2.44. The maximum atomic E-state index is 13.0. The average molecular weight is 527 g/mol. The number of pyridine rings is 1. The molecule has 0 saturated heterocycles. The number of aryl methyl sites for hydroxylation is 1. The lowest BCUT2D eigenvalue weighted by Crippen LogP contribution is -2.37. The Morgan fingerprint density at radius 1 is 1.19 bits per heavy atom. The number of carbonyl (C=O) groups excluding carboxylic acids is 1. The Balaban J connectivity index is 1.84. The van der Waals surface area contributed by atoms with Gasteiger partial charge in [-0.05, 0) is 56.5 Å². The molecule has 0 aliphatic carbocycles. The summed E-state index contributed by atoms with van der Waals surface area (Å²) >= 11 is 9.23. The summed E-state index contributed by atoms with van der Waals surface area (Å²) in [6, 6.07) is 2.88. The topological polar surface area (TPSA) is 54.0 Å². The van der Waals surface area contributed by atoms with Crippen molar-refractivity contribution in [3.63, 3.8) is 0 Å². The maximum absolute atomic E-state index is 13.0. The number of halogens is 5. The molecular formula is C15H8Br2F3N3OS2. The minimum absolute atomic E-state index is 0.194. The van der Waals surface area contributed by atoms with Gasteiger partial charge in [-0.25, -0.2) is 4.98 Å². The first-order valence-corrected chi connectivity index (χ1v) is 10.4. The molecule has 2 N–H and O–H groups in total. The van der Waals surface area contributed by atoms with E-state index in [0.29, 0.717) is 21.5 Å². The van der Waals surface area contributed by atoms with Gasteiger partial charge in [-0.3, -0.25) is 4.79 Å². The van der Waals surface area contributed by atoms with Gasteiger partial charge < -0.3 is 10.6 Å². The smallest absolute Gasteiger partial charge is 0.359 e. The molecule has 26 heavy (non-hydrogen) atoms. The second kappa shape index (κ2) is 6.18. The van der Waals surface area contributed by atoms with Gasteiger partial charge in [0.15, 0.2) is 0 Å². The van der Waals surface area contributed by atoms with Crippen LogP contribution in [0.5, 0.6) is 0 Å². The fraction of sp³-hybridized carbons (Fsp3) is 0.200. The van der Waals surface area contributed by atoms with Gasteiger partial charge in [-0.2, -0.15) is 13.2 Å². The number of nitrogens with one attached hydrogen (secondary N) is 2. The second-order valence-electron chi connectivity index (χ2n) is 5.63. The van der Waals surface area contributed by atoms with Crippen LogP contribution in [0.1, 0.15) is 32.0 Å². The predicted molar refractivity (Wildman–Crippen MR) is 103 cm³/mol. The number of fused-ring (bicyclic) bond motifs is 3. The number of hydrogen-bond acceptors (Lipinski definition) is 5. The Hall–Kier alpha value is -1.17. The SMILES string of the molecule is Cc1cc(C(F)(F)F)nc2sc3c(c12)N[C@H](c1cc(Br)c(Br)s1)NC3=O. The predicted octanol–water partition coefficient (Wildman–Crippen LogP) is 6.06. The molecule has 0 bridgehead atoms. The van der Waals surface area contributed by atoms with Crippen LogP contribution >= 0.6 is 54.5 Å². The van der Waals surface area contributed by atoms with Crippen molar-refractivity contribution in [3.05, 3.63) is 41.4 Å². The molecule has 0 fully saturated rings. The van der Waals surface area contributed by atoms with Crippen molar-refractivity contribution in [2.24, 2.45) is 0 Å². The van der Waals surface area contributed by atoms with Crippen LogP contribution in [-0.4, -0.2) is 10.9 Å². The molecular weight excluding hydrogens is 519 g/mol. The first kappa shape index (κ1) is 18.2. The van der Waals surface area contributed by atoms with Gasteiger partial charge in [0.1, 0.15) is 21.6 Å². The summed E-state index contributed by atoms with van der Waals surface area (Å²) in [6.45, 7) is 1.59. The van der Waals surface area contributed by atoms with Crippen molar-refractivity contribution in [2.45, 2.75) is 19.3 Å². The Morgan fingerprint density at radius 3 is 2.54 bits per heavy atom. The number of carbonyl (C=O) groups is 1. The molecule has 1 amide bonds. The minimum Gasteiger partial charge on any atom is -0.359 e. The molecule has 0 unspecified atom stereocenters. The zero-order valence-electron chi connectivity index (χ0n) is 12.8. The van der Waals surface area contributed by atoms with Gasteiger partial charge in [-0.15, -0.1) is 22.7 Å². The highest BCUT2D eigenvalue weighted by atomic mass is 79.9. The van der Waals surface area contributed by atoms with Crippen molar-refractivity contribution in [1.29, 1.82) is 0 Å². The van der Waals surface area contributed by atoms with Crippen LogP contribution in [0.25, 0.3) is 10.2 Å². The number of alkyl halides is 3. The van der Waals surface area contributed by atoms with E-state index in [2.05, 4.69) is 47.5 Å². The zero-order chi connectivity index (χ0) is 18.8. The van der Waals surface area contributed by atoms with E-state index < -0.39 is 18.0 Å². The largest absolute Gasteiger partial charge is 0.433 e. The van der Waals surface area contributed by atoms with Gasteiger partial charge in [0.25, 0.3) is 5.91 Å². The molecule has 1 aliphatic heterocycles. The molecule has 0 aromatic carbocycles. The van der Waals surface area contributed by atoms with Gasteiger partial charge in [-0.1, -0.05) is 0 Å². The molecule has 3 aromatic heterocycles. The summed E-state index contributed by atoms with van der Waals surface area (Å²) in [5, 5.41) is 6.61. The number of thiophene rings is 2. The molecule has 0 radical (unpaired) electrons. The van der Waals surface area contributed by atoms with Gasteiger partial charge >= 0.3 is 6.18 Å². The highest BCUT2D eigenvalue weighted by Gasteiger charge is 2.36. The van der Waals surface area contributed by atoms with Crippen LogP contribution in [0.15, 0.2) is 20.4 Å². The Labute approximate surface area is 170 Å². The van der Waals surface area contributed by atoms with E-state index in [-0.39, 0.29) is 10.7 Å². The molecule has 1 atom stereocenters. The van der Waals surface area contributed by atoms with E-state index in [1.807, 2.05) is 6.07 Å². The molecule has 0 saturated carbocycles. The van der Waals surface area contributed by atoms with Crippen molar-refractivity contribution >= 4 is 76.3 Å². The van der Waals surface area contributed by atoms with Crippen LogP contribution in [0.4, 0.5) is 18.9 Å². The lowest BCUT2D eigenvalue weighted by Gasteiger charge is -2.25. The number of nitrogens with zero attached hydrogens (tertiary/aromatic N) is 1. The summed E-state index contributed by atoms with van der Waals surface area (Å²) in [5.41, 5.74) is -0.00314. The first-order chi connectivity index (χ1) is 12.1. The molecule has 4 nitrogen and oxygen atoms in total. The monoisotopic (exact) mass is 525 g/mol. The quantitative estimate of drug-likeness (QED) is 0.405. The molecule has 4 heterocycles. The minimum atomic E-state index is -4.53. The lowest BCUT2D eigenvalue weighted by molar-refractivity contribution is -0.141. The molecule has 1 aliphatic rings. The summed E-state index contributed by atoms with van der Waals surface area (Å²) in [5.74, 6) is -0.333. The van der Waals surface area contributed by atoms with Crippen LogP contribution in [0.2, 0.25) is 0 Å². The van der Waals surface area contributed by atoms with Crippen molar-refractivity contribution in [3.8, 4) is 0 Å². The third kappa shape index (κ3) is 2.94. The number of rotatable bonds is 1. The number of anilines is 1. The molecule has 136 valence electrons. The molecule has 11 heteroatoms. The fourth-order valence-corrected chi connectivity index (χ4v) is 5.96. The van der Waals surface area contributed by atoms with E-state index in [4.69, 9.17) is 0 Å². The molecule has 4 rings (SSSR count). The summed E-state index contributed by atoms with van der Waals surface area (Å²) in [7, 11) is 0. The average Bonchev–Trinajstić information content (AvgIpc) is 3.08. The van der Waals surface area contributed by atoms with E-state index in [1.54, 1.807) is 6.92 Å². The van der Waals surface area contributed by atoms with Crippen LogP contribution < -0.4 is 10.6 Å². The van der Waals surface area contributed by atoms with E-state index in [0.717, 1.165) is 30.5 Å². The lowest BCUT2D eigenvalue weighted by atomic mass is 10.1. The maximum Gasteiger partial charge on any atom is 0.433 e. The van der Waals surface area contributed by atoms with Gasteiger partial charge in [0, 0.05) is 14.7 Å². The van der Waals surface area contributed by atoms with Crippen LogP contribution in [0, 0.1) is 6.92 Å². The summed E-state index contributed by atoms with van der Waals surface area (Å²) in [6.07, 6.45) is -5.00. The number of amides is 1. The second-order valence-corrected chi connectivity index (χ2v) is 9.88. The zero-order valence-corrected chi connectivity index (χ0v) is 17.6. The Morgan fingerprint density at radius 2 is 1.92 bits per heavy atom. The van der Waals surface area contributed by atoms with Crippen molar-refractivity contribution < 1.29 is 18.0 Å². The highest BCUT2D eigenvalue weighted by molar-refractivity contribution is 9.13. The number of aromatic nitrogens is 1. The summed E-state index contributed by atoms with van der Waals surface area (Å²) < 4.78 is 40.8. The molecule has 0 spiro atoms. The standard InChI is InChI=1S/C15H8Br2F3N3OS2/c1-4-2-7(15(18,19)20)21-14-8(4)9-10(26-14)13(24)23-12(22-9)6-3-5(16)11(17)25-6/h2-3,12,22H,1H3,(H,23,24)/t12-/m0/s1. The normalized spacial score (nSPS) is 17.2. The Kier molecular flexibility index (Phi) is 4.33. The fourth-order valence-electron chi connectivity index (χ4n) is 2.75. The first-order valence-electron chi connectivity index (χ1n) is 7.18. The molecule has 3 aromatic rings. The number of hydrogen-bond donors (Lipinski definition) is 2. The van der Waals surface area contributed by atoms with E-state index in [1.165, 1.54) is 11.3 Å². The van der Waals surface area contributed by atoms with Gasteiger partial charge in [0.05, 0.1) is 9.47 Å². The van der Waals surface area contributed by atoms with Crippen molar-refractivity contribution in [2.75, 3.05) is 5.32 Å². The third-order valence-corrected chi connectivity index (χ3v) is 8.27. The van der Waals surface area contributed by atoms with Gasteiger partial charge in [0.2, 0.25) is 0 Å². The van der Waals surface area contributed by atoms with E-state index in [9.17, 15) is 18.0 Å².